The van der Waals surface area contributed by atoms with Gasteiger partial charge in [-0.2, -0.15) is 9.97 Å². The summed E-state index contributed by atoms with van der Waals surface area (Å²) >= 11 is 0. The molecule has 0 saturated carbocycles. The van der Waals surface area contributed by atoms with Gasteiger partial charge in [0.05, 0.1) is 6.33 Å². The summed E-state index contributed by atoms with van der Waals surface area (Å²) in [5.74, 6) is 3.43. The summed E-state index contributed by atoms with van der Waals surface area (Å²) in [4.78, 5) is 15.3. The van der Waals surface area contributed by atoms with E-state index in [4.69, 9.17) is 11.2 Å². The van der Waals surface area contributed by atoms with Crippen LogP contribution in [0.25, 0.3) is 11.2 Å². The Balaban J connectivity index is 2.33. The number of imidazole rings is 1. The topological polar surface area (TPSA) is 75.7 Å². The minimum Gasteiger partial charge on any atom is -0.475 e. The van der Waals surface area contributed by atoms with Gasteiger partial charge in [-0.1, -0.05) is 0 Å². The van der Waals surface area contributed by atoms with Gasteiger partial charge in [0.25, 0.3) is 0 Å². The number of aromatic nitrogens is 4. The summed E-state index contributed by atoms with van der Waals surface area (Å²) in [6, 6.07) is 0. The Kier molecular flexibility index (Phi) is 2.87. The standard InChI is InChI=1S/C10H11N5O/c1-3-4-5-16-9-7-8(13-6-12-7)14-10(11-2)15-9/h1,6H,4-5H2,2H3,(H2,11,12,13,14,15). The highest BCUT2D eigenvalue weighted by Crippen LogP contribution is 2.20. The van der Waals surface area contributed by atoms with Gasteiger partial charge in [0, 0.05) is 13.5 Å². The van der Waals surface area contributed by atoms with E-state index in [0.29, 0.717) is 36.0 Å². The molecule has 2 aromatic heterocycles. The third-order valence-electron chi connectivity index (χ3n) is 1.96. The molecule has 2 N–H and O–H groups in total. The van der Waals surface area contributed by atoms with Crippen LogP contribution in [0.15, 0.2) is 6.33 Å². The normalized spacial score (nSPS) is 10.0. The van der Waals surface area contributed by atoms with E-state index in [1.54, 1.807) is 13.4 Å². The number of hydrogen-bond donors (Lipinski definition) is 2. The predicted octanol–water partition coefficient (Wildman–Crippen LogP) is 0.797. The number of nitrogens with one attached hydrogen (secondary N) is 2. The van der Waals surface area contributed by atoms with Crippen molar-refractivity contribution in [1.82, 2.24) is 19.9 Å². The van der Waals surface area contributed by atoms with Crippen LogP contribution in [0.4, 0.5) is 5.95 Å². The minimum atomic E-state index is 0.421. The van der Waals surface area contributed by atoms with Crippen molar-refractivity contribution in [2.75, 3.05) is 19.0 Å². The Labute approximate surface area is 92.5 Å². The van der Waals surface area contributed by atoms with Gasteiger partial charge in [-0.3, -0.25) is 0 Å². The van der Waals surface area contributed by atoms with Crippen LogP contribution >= 0.6 is 0 Å². The van der Waals surface area contributed by atoms with Gasteiger partial charge in [0.1, 0.15) is 12.1 Å². The van der Waals surface area contributed by atoms with Crippen molar-refractivity contribution in [2.45, 2.75) is 6.42 Å². The molecule has 6 nitrogen and oxygen atoms in total. The number of anilines is 1. The zero-order chi connectivity index (χ0) is 11.4. The van der Waals surface area contributed by atoms with Crippen LogP contribution in [-0.2, 0) is 0 Å². The molecule has 82 valence electrons. The van der Waals surface area contributed by atoms with Gasteiger partial charge in [0.2, 0.25) is 11.8 Å². The van der Waals surface area contributed by atoms with Crippen LogP contribution in [-0.4, -0.2) is 33.6 Å². The van der Waals surface area contributed by atoms with E-state index in [9.17, 15) is 0 Å². The summed E-state index contributed by atoms with van der Waals surface area (Å²) in [5.41, 5.74) is 1.24. The maximum atomic E-state index is 5.46. The Morgan fingerprint density at radius 1 is 1.56 bits per heavy atom. The van der Waals surface area contributed by atoms with E-state index in [2.05, 4.69) is 31.2 Å². The smallest absolute Gasteiger partial charge is 0.245 e. The molecular formula is C10H11N5O. The number of ether oxygens (including phenoxy) is 1. The number of terminal acetylenes is 1. The van der Waals surface area contributed by atoms with Gasteiger partial charge < -0.3 is 15.0 Å². The maximum absolute atomic E-state index is 5.46. The number of fused-ring (bicyclic) bond motifs is 1. The Hall–Kier alpha value is -2.29. The van der Waals surface area contributed by atoms with Crippen molar-refractivity contribution in [3.05, 3.63) is 6.33 Å². The molecule has 0 spiro atoms. The molecule has 0 fully saturated rings. The van der Waals surface area contributed by atoms with E-state index < -0.39 is 0 Å². The minimum absolute atomic E-state index is 0.421. The number of H-pyrrole nitrogens is 1. The van der Waals surface area contributed by atoms with Crippen molar-refractivity contribution < 1.29 is 4.74 Å². The van der Waals surface area contributed by atoms with Crippen LogP contribution in [0.3, 0.4) is 0 Å². The molecule has 0 aliphatic heterocycles. The van der Waals surface area contributed by atoms with E-state index in [1.807, 2.05) is 0 Å². The summed E-state index contributed by atoms with van der Waals surface area (Å²) in [5, 5.41) is 2.84. The number of aromatic amines is 1. The first-order valence-corrected chi connectivity index (χ1v) is 4.80. The fraction of sp³-hybridized carbons (Fsp3) is 0.300. The third kappa shape index (κ3) is 1.88. The van der Waals surface area contributed by atoms with E-state index in [-0.39, 0.29) is 0 Å². The molecule has 2 rings (SSSR count). The summed E-state index contributed by atoms with van der Waals surface area (Å²) < 4.78 is 5.46. The average molecular weight is 217 g/mol. The zero-order valence-electron chi connectivity index (χ0n) is 8.82. The van der Waals surface area contributed by atoms with Gasteiger partial charge >= 0.3 is 0 Å². The van der Waals surface area contributed by atoms with Crippen LogP contribution in [0.5, 0.6) is 5.88 Å². The maximum Gasteiger partial charge on any atom is 0.245 e. The van der Waals surface area contributed by atoms with E-state index >= 15 is 0 Å². The van der Waals surface area contributed by atoms with Crippen LogP contribution in [0.1, 0.15) is 6.42 Å². The second-order valence-electron chi connectivity index (χ2n) is 3.01. The highest BCUT2D eigenvalue weighted by atomic mass is 16.5. The Morgan fingerprint density at radius 3 is 3.19 bits per heavy atom. The van der Waals surface area contributed by atoms with Gasteiger partial charge in [-0.15, -0.1) is 12.3 Å². The first-order valence-electron chi connectivity index (χ1n) is 4.80. The number of nitrogens with zero attached hydrogens (tertiary/aromatic N) is 3. The average Bonchev–Trinajstić information content (AvgIpc) is 2.77. The Bertz CT molecular complexity index is 527. The first kappa shape index (κ1) is 10.2. The van der Waals surface area contributed by atoms with Crippen LogP contribution in [0, 0.1) is 12.3 Å². The van der Waals surface area contributed by atoms with Crippen molar-refractivity contribution in [3.63, 3.8) is 0 Å². The van der Waals surface area contributed by atoms with Crippen molar-refractivity contribution >= 4 is 17.1 Å². The van der Waals surface area contributed by atoms with Gasteiger partial charge in [-0.05, 0) is 0 Å². The first-order chi connectivity index (χ1) is 7.85. The van der Waals surface area contributed by atoms with Crippen LogP contribution in [0.2, 0.25) is 0 Å². The van der Waals surface area contributed by atoms with Crippen molar-refractivity contribution in [2.24, 2.45) is 0 Å². The lowest BCUT2D eigenvalue weighted by Gasteiger charge is -2.05. The summed E-state index contributed by atoms with van der Waals surface area (Å²) in [6.45, 7) is 0.421. The highest BCUT2D eigenvalue weighted by molar-refractivity contribution is 5.76. The molecule has 16 heavy (non-hydrogen) atoms. The van der Waals surface area contributed by atoms with Crippen molar-refractivity contribution in [3.8, 4) is 18.2 Å². The lowest BCUT2D eigenvalue weighted by molar-refractivity contribution is 0.318. The molecule has 0 bridgehead atoms. The molecule has 2 aromatic rings. The molecule has 0 atom stereocenters. The second-order valence-corrected chi connectivity index (χ2v) is 3.01. The Morgan fingerprint density at radius 2 is 2.44 bits per heavy atom. The third-order valence-corrected chi connectivity index (χ3v) is 1.96. The quantitative estimate of drug-likeness (QED) is 0.585. The molecule has 0 aliphatic carbocycles. The molecule has 0 amide bonds. The molecular weight excluding hydrogens is 206 g/mol. The number of hydrogen-bond acceptors (Lipinski definition) is 5. The van der Waals surface area contributed by atoms with Gasteiger partial charge in [0.15, 0.2) is 5.65 Å². The molecule has 0 aromatic carbocycles. The molecule has 0 saturated heterocycles. The summed E-state index contributed by atoms with van der Waals surface area (Å²) in [7, 11) is 1.74. The summed E-state index contributed by atoms with van der Waals surface area (Å²) in [6.07, 6.45) is 7.23. The lowest BCUT2D eigenvalue weighted by Crippen LogP contribution is -2.03. The number of rotatable bonds is 4. The lowest BCUT2D eigenvalue weighted by atomic mass is 10.5. The molecule has 0 unspecified atom stereocenters. The SMILES string of the molecule is C#CCCOc1nc(NC)nc2nc[nH]c12. The highest BCUT2D eigenvalue weighted by Gasteiger charge is 2.09. The largest absolute Gasteiger partial charge is 0.475 e. The molecule has 2 heterocycles. The monoisotopic (exact) mass is 217 g/mol. The van der Waals surface area contributed by atoms with Crippen LogP contribution < -0.4 is 10.1 Å². The van der Waals surface area contributed by atoms with Crippen molar-refractivity contribution in [1.29, 1.82) is 0 Å². The fourth-order valence-electron chi connectivity index (χ4n) is 1.23. The molecule has 6 heteroatoms. The predicted molar refractivity (Wildman–Crippen MR) is 60.2 cm³/mol. The fourth-order valence-corrected chi connectivity index (χ4v) is 1.23. The molecule has 0 aliphatic rings. The molecule has 0 radical (unpaired) electrons. The second kappa shape index (κ2) is 4.49. The van der Waals surface area contributed by atoms with E-state index in [1.165, 1.54) is 0 Å². The van der Waals surface area contributed by atoms with Gasteiger partial charge in [-0.25, -0.2) is 4.98 Å². The van der Waals surface area contributed by atoms with E-state index in [0.717, 1.165) is 0 Å². The zero-order valence-corrected chi connectivity index (χ0v) is 8.82.